The zero-order valence-corrected chi connectivity index (χ0v) is 17.4. The van der Waals surface area contributed by atoms with Gasteiger partial charge in [0.2, 0.25) is 5.91 Å². The average Bonchev–Trinajstić information content (AvgIpc) is 2.90. The van der Waals surface area contributed by atoms with E-state index in [-0.39, 0.29) is 18.3 Å². The minimum atomic E-state index is -0.504. The lowest BCUT2D eigenvalue weighted by Gasteiger charge is -2.24. The predicted molar refractivity (Wildman–Crippen MR) is 118 cm³/mol. The topological polar surface area (TPSA) is 64.2 Å². The van der Waals surface area contributed by atoms with Crippen LogP contribution >= 0.6 is 12.4 Å². The van der Waals surface area contributed by atoms with Crippen LogP contribution in [0.4, 0.5) is 0 Å². The zero-order valence-electron chi connectivity index (χ0n) is 16.6. The van der Waals surface area contributed by atoms with Crippen molar-refractivity contribution in [1.82, 2.24) is 14.7 Å². The Morgan fingerprint density at radius 3 is 2.34 bits per heavy atom. The minimum absolute atomic E-state index is 0. The second-order valence-electron chi connectivity index (χ2n) is 7.38. The molecular formula is C23H27ClN4O. The molecule has 1 aliphatic heterocycles. The Morgan fingerprint density at radius 1 is 1.03 bits per heavy atom. The summed E-state index contributed by atoms with van der Waals surface area (Å²) in [4.78, 5) is 14.9. The maximum atomic E-state index is 12.9. The van der Waals surface area contributed by atoms with Crippen LogP contribution in [0.25, 0.3) is 11.3 Å². The average molecular weight is 411 g/mol. The van der Waals surface area contributed by atoms with Crippen molar-refractivity contribution in [1.29, 1.82) is 0 Å². The quantitative estimate of drug-likeness (QED) is 0.719. The van der Waals surface area contributed by atoms with E-state index in [1.807, 2.05) is 65.2 Å². The molecule has 0 saturated heterocycles. The second kappa shape index (κ2) is 9.25. The molecule has 1 amide bonds. The van der Waals surface area contributed by atoms with Gasteiger partial charge in [-0.15, -0.1) is 12.4 Å². The van der Waals surface area contributed by atoms with Gasteiger partial charge in [-0.3, -0.25) is 9.48 Å². The molecule has 0 aliphatic carbocycles. The third-order valence-electron chi connectivity index (χ3n) is 5.50. The summed E-state index contributed by atoms with van der Waals surface area (Å²) >= 11 is 0. The highest BCUT2D eigenvalue weighted by Crippen LogP contribution is 2.28. The lowest BCUT2D eigenvalue weighted by atomic mass is 10.0. The maximum absolute atomic E-state index is 12.9. The highest BCUT2D eigenvalue weighted by molar-refractivity contribution is 5.85. The van der Waals surface area contributed by atoms with Gasteiger partial charge in [0.05, 0.1) is 11.7 Å². The van der Waals surface area contributed by atoms with Gasteiger partial charge in [0.15, 0.2) is 0 Å². The van der Waals surface area contributed by atoms with Crippen LogP contribution in [-0.2, 0) is 31.1 Å². The summed E-state index contributed by atoms with van der Waals surface area (Å²) in [5, 5.41) is 4.75. The summed E-state index contributed by atoms with van der Waals surface area (Å²) in [7, 11) is 1.99. The summed E-state index contributed by atoms with van der Waals surface area (Å²) in [5.74, 6) is 0.0332. The molecule has 1 aliphatic rings. The number of hydrogen-bond acceptors (Lipinski definition) is 3. The van der Waals surface area contributed by atoms with Crippen molar-refractivity contribution in [2.45, 2.75) is 25.3 Å². The van der Waals surface area contributed by atoms with Crippen molar-refractivity contribution in [2.75, 3.05) is 13.1 Å². The molecule has 2 N–H and O–H groups in total. The van der Waals surface area contributed by atoms with Gasteiger partial charge in [0.1, 0.15) is 0 Å². The minimum Gasteiger partial charge on any atom is -0.341 e. The number of aromatic nitrogens is 2. The molecule has 1 atom stereocenters. The van der Waals surface area contributed by atoms with Crippen LogP contribution in [0, 0.1) is 0 Å². The summed E-state index contributed by atoms with van der Waals surface area (Å²) in [6.45, 7) is 1.36. The monoisotopic (exact) mass is 410 g/mol. The molecule has 5 nitrogen and oxygen atoms in total. The first kappa shape index (κ1) is 21.1. The van der Waals surface area contributed by atoms with E-state index in [9.17, 15) is 4.79 Å². The SMILES string of the molecule is Cl.Cn1nc(-c2ccccc2)c2c1CCN(C(=O)[C@@H](N)Cc1ccccc1)CC2. The summed E-state index contributed by atoms with van der Waals surface area (Å²) in [5.41, 5.74) is 12.0. The van der Waals surface area contributed by atoms with Gasteiger partial charge in [-0.25, -0.2) is 0 Å². The van der Waals surface area contributed by atoms with Crippen molar-refractivity contribution in [2.24, 2.45) is 12.8 Å². The Labute approximate surface area is 177 Å². The number of nitrogens with two attached hydrogens (primary N) is 1. The van der Waals surface area contributed by atoms with Crippen LogP contribution in [0.2, 0.25) is 0 Å². The molecule has 0 unspecified atom stereocenters. The van der Waals surface area contributed by atoms with E-state index in [1.54, 1.807) is 0 Å². The van der Waals surface area contributed by atoms with Crippen molar-refractivity contribution in [3.05, 3.63) is 77.5 Å². The molecule has 0 spiro atoms. The Bertz CT molecular complexity index is 956. The molecule has 2 aromatic carbocycles. The molecule has 6 heteroatoms. The molecule has 2 heterocycles. The summed E-state index contributed by atoms with van der Waals surface area (Å²) in [6, 6.07) is 19.7. The molecule has 0 bridgehead atoms. The van der Waals surface area contributed by atoms with Crippen LogP contribution in [0.5, 0.6) is 0 Å². The van der Waals surface area contributed by atoms with Gasteiger partial charge in [-0.2, -0.15) is 5.10 Å². The molecule has 1 aromatic heterocycles. The largest absolute Gasteiger partial charge is 0.341 e. The third kappa shape index (κ3) is 4.52. The summed E-state index contributed by atoms with van der Waals surface area (Å²) in [6.07, 6.45) is 2.17. The number of fused-ring (bicyclic) bond motifs is 1. The van der Waals surface area contributed by atoms with Gasteiger partial charge in [-0.1, -0.05) is 60.7 Å². The number of benzene rings is 2. The normalized spacial score (nSPS) is 14.5. The lowest BCUT2D eigenvalue weighted by molar-refractivity contribution is -0.132. The second-order valence-corrected chi connectivity index (χ2v) is 7.38. The van der Waals surface area contributed by atoms with E-state index in [1.165, 1.54) is 11.3 Å². The number of aryl methyl sites for hydroxylation is 1. The number of halogens is 1. The molecule has 152 valence electrons. The molecule has 4 rings (SSSR count). The first-order valence-corrected chi connectivity index (χ1v) is 9.82. The Morgan fingerprint density at radius 2 is 1.66 bits per heavy atom. The van der Waals surface area contributed by atoms with Gasteiger partial charge in [-0.05, 0) is 18.4 Å². The van der Waals surface area contributed by atoms with Gasteiger partial charge in [0, 0.05) is 43.4 Å². The highest BCUT2D eigenvalue weighted by atomic mass is 35.5. The van der Waals surface area contributed by atoms with Gasteiger partial charge >= 0.3 is 0 Å². The first-order valence-electron chi connectivity index (χ1n) is 9.82. The van der Waals surface area contributed by atoms with Gasteiger partial charge in [0.25, 0.3) is 0 Å². The highest BCUT2D eigenvalue weighted by Gasteiger charge is 2.27. The fraction of sp³-hybridized carbons (Fsp3) is 0.304. The zero-order chi connectivity index (χ0) is 19.5. The number of carbonyl (C=O) groups is 1. The Balaban J connectivity index is 0.00000240. The van der Waals surface area contributed by atoms with E-state index in [0.717, 1.165) is 29.7 Å². The van der Waals surface area contributed by atoms with Crippen LogP contribution in [0.15, 0.2) is 60.7 Å². The van der Waals surface area contributed by atoms with Crippen molar-refractivity contribution in [3.63, 3.8) is 0 Å². The summed E-state index contributed by atoms with van der Waals surface area (Å²) < 4.78 is 1.97. The number of carbonyl (C=O) groups excluding carboxylic acids is 1. The van der Waals surface area contributed by atoms with Gasteiger partial charge < -0.3 is 10.6 Å². The fourth-order valence-electron chi connectivity index (χ4n) is 4.02. The number of hydrogen-bond donors (Lipinski definition) is 1. The standard InChI is InChI=1S/C23H26N4O.ClH/c1-26-21-13-15-27(23(28)20(24)16-17-8-4-2-5-9-17)14-12-19(21)22(25-26)18-10-6-3-7-11-18;/h2-11,20H,12-16,24H2,1H3;1H/t20-;/m0./s1. The van der Waals surface area contributed by atoms with E-state index in [4.69, 9.17) is 10.8 Å². The molecule has 0 radical (unpaired) electrons. The van der Waals surface area contributed by atoms with Crippen LogP contribution in [0.3, 0.4) is 0 Å². The lowest BCUT2D eigenvalue weighted by Crippen LogP contribution is -2.46. The van der Waals surface area contributed by atoms with E-state index in [0.29, 0.717) is 19.5 Å². The molecule has 0 fully saturated rings. The smallest absolute Gasteiger partial charge is 0.239 e. The Kier molecular flexibility index (Phi) is 6.72. The maximum Gasteiger partial charge on any atom is 0.239 e. The molecule has 0 saturated carbocycles. The van der Waals surface area contributed by atoms with E-state index < -0.39 is 6.04 Å². The number of nitrogens with zero attached hydrogens (tertiary/aromatic N) is 3. The van der Waals surface area contributed by atoms with Crippen LogP contribution in [-0.4, -0.2) is 39.7 Å². The van der Waals surface area contributed by atoms with Crippen molar-refractivity contribution >= 4 is 18.3 Å². The number of amides is 1. The third-order valence-corrected chi connectivity index (χ3v) is 5.50. The van der Waals surface area contributed by atoms with Crippen molar-refractivity contribution in [3.8, 4) is 11.3 Å². The van der Waals surface area contributed by atoms with E-state index in [2.05, 4.69) is 12.1 Å². The predicted octanol–water partition coefficient (Wildman–Crippen LogP) is 3.01. The molecule has 3 aromatic rings. The molecule has 29 heavy (non-hydrogen) atoms. The molecular weight excluding hydrogens is 384 g/mol. The Hall–Kier alpha value is -2.63. The van der Waals surface area contributed by atoms with Crippen molar-refractivity contribution < 1.29 is 4.79 Å². The van der Waals surface area contributed by atoms with E-state index >= 15 is 0 Å². The number of rotatable bonds is 4. The fourth-order valence-corrected chi connectivity index (χ4v) is 4.02. The van der Waals surface area contributed by atoms with Crippen LogP contribution in [0.1, 0.15) is 16.8 Å². The first-order chi connectivity index (χ1) is 13.6. The van der Waals surface area contributed by atoms with Crippen LogP contribution < -0.4 is 5.73 Å².